The molecule has 0 amide bonds. The Hall–Kier alpha value is -0.810. The van der Waals surface area contributed by atoms with Crippen LogP contribution in [0, 0.1) is 5.92 Å². The van der Waals surface area contributed by atoms with Crippen LogP contribution in [0.25, 0.3) is 0 Å². The lowest BCUT2D eigenvalue weighted by Gasteiger charge is -2.23. The summed E-state index contributed by atoms with van der Waals surface area (Å²) in [5.41, 5.74) is 5.54. The van der Waals surface area contributed by atoms with E-state index in [1.807, 2.05) is 6.92 Å². The van der Waals surface area contributed by atoms with Gasteiger partial charge in [0.1, 0.15) is 5.84 Å². The van der Waals surface area contributed by atoms with E-state index in [0.29, 0.717) is 0 Å². The summed E-state index contributed by atoms with van der Waals surface area (Å²) in [7, 11) is 0. The minimum Gasteiger partial charge on any atom is -0.409 e. The molecule has 0 radical (unpaired) electrons. The standard InChI is InChI=1S/C11H25N3O2/c1-4-7-16-8-6-14(5-2)9-10(3)11(12)13-15/h10,15H,4-9H2,1-3H3,(H2,12,13). The van der Waals surface area contributed by atoms with Crippen molar-refractivity contribution < 1.29 is 9.94 Å². The highest BCUT2D eigenvalue weighted by Gasteiger charge is 2.12. The van der Waals surface area contributed by atoms with Crippen LogP contribution in [-0.2, 0) is 4.74 Å². The van der Waals surface area contributed by atoms with E-state index in [9.17, 15) is 0 Å². The van der Waals surface area contributed by atoms with Gasteiger partial charge in [0, 0.05) is 25.6 Å². The van der Waals surface area contributed by atoms with Crippen molar-refractivity contribution in [2.45, 2.75) is 27.2 Å². The molecule has 0 aliphatic carbocycles. The van der Waals surface area contributed by atoms with Gasteiger partial charge in [-0.1, -0.05) is 25.9 Å². The van der Waals surface area contributed by atoms with Gasteiger partial charge in [-0.05, 0) is 13.0 Å². The molecule has 0 bridgehead atoms. The van der Waals surface area contributed by atoms with Gasteiger partial charge in [0.15, 0.2) is 0 Å². The average Bonchev–Trinajstić information content (AvgIpc) is 2.31. The van der Waals surface area contributed by atoms with Gasteiger partial charge in [-0.25, -0.2) is 0 Å². The number of likely N-dealkylation sites (N-methyl/N-ethyl adjacent to an activating group) is 1. The molecule has 0 saturated carbocycles. The van der Waals surface area contributed by atoms with E-state index in [-0.39, 0.29) is 11.8 Å². The first kappa shape index (κ1) is 15.2. The van der Waals surface area contributed by atoms with Crippen molar-refractivity contribution in [3.05, 3.63) is 0 Å². The number of oxime groups is 1. The summed E-state index contributed by atoms with van der Waals surface area (Å²) < 4.78 is 5.43. The first-order valence-corrected chi connectivity index (χ1v) is 5.93. The van der Waals surface area contributed by atoms with Gasteiger partial charge in [-0.3, -0.25) is 0 Å². The fourth-order valence-corrected chi connectivity index (χ4v) is 1.40. The fraction of sp³-hybridized carbons (Fsp3) is 0.909. The fourth-order valence-electron chi connectivity index (χ4n) is 1.40. The maximum atomic E-state index is 8.56. The molecule has 3 N–H and O–H groups in total. The van der Waals surface area contributed by atoms with Crippen LogP contribution in [0.4, 0.5) is 0 Å². The number of nitrogens with two attached hydrogens (primary N) is 1. The molecule has 1 atom stereocenters. The molecule has 0 aromatic heterocycles. The van der Waals surface area contributed by atoms with E-state index in [0.717, 1.165) is 39.3 Å². The van der Waals surface area contributed by atoms with Crippen LogP contribution < -0.4 is 5.73 Å². The molecule has 0 saturated heterocycles. The van der Waals surface area contributed by atoms with E-state index in [1.165, 1.54) is 0 Å². The Morgan fingerprint density at radius 1 is 1.44 bits per heavy atom. The first-order chi connectivity index (χ1) is 7.65. The Bertz CT molecular complexity index is 198. The lowest BCUT2D eigenvalue weighted by molar-refractivity contribution is 0.103. The van der Waals surface area contributed by atoms with Gasteiger partial charge in [-0.15, -0.1) is 0 Å². The lowest BCUT2D eigenvalue weighted by Crippen LogP contribution is -2.36. The monoisotopic (exact) mass is 231 g/mol. The highest BCUT2D eigenvalue weighted by molar-refractivity contribution is 5.82. The first-order valence-electron chi connectivity index (χ1n) is 5.93. The molecular formula is C11H25N3O2. The number of nitrogens with zero attached hydrogens (tertiary/aromatic N) is 2. The van der Waals surface area contributed by atoms with Crippen molar-refractivity contribution in [1.29, 1.82) is 0 Å². The Morgan fingerprint density at radius 2 is 2.12 bits per heavy atom. The Labute approximate surface area is 98.2 Å². The molecular weight excluding hydrogens is 206 g/mol. The van der Waals surface area contributed by atoms with Crippen molar-refractivity contribution >= 4 is 5.84 Å². The van der Waals surface area contributed by atoms with Gasteiger partial charge in [-0.2, -0.15) is 0 Å². The second kappa shape index (κ2) is 9.42. The maximum Gasteiger partial charge on any atom is 0.143 e. The molecule has 0 aliphatic rings. The maximum absolute atomic E-state index is 8.56. The molecule has 0 fully saturated rings. The predicted molar refractivity (Wildman–Crippen MR) is 65.8 cm³/mol. The summed E-state index contributed by atoms with van der Waals surface area (Å²) in [5.74, 6) is 0.351. The van der Waals surface area contributed by atoms with Crippen LogP contribution in [0.1, 0.15) is 27.2 Å². The van der Waals surface area contributed by atoms with E-state index >= 15 is 0 Å². The predicted octanol–water partition coefficient (Wildman–Crippen LogP) is 1.12. The van der Waals surface area contributed by atoms with Gasteiger partial charge in [0.05, 0.1) is 6.61 Å². The van der Waals surface area contributed by atoms with Gasteiger partial charge in [0.25, 0.3) is 0 Å². The van der Waals surface area contributed by atoms with Crippen molar-refractivity contribution in [2.75, 3.05) is 32.8 Å². The van der Waals surface area contributed by atoms with Gasteiger partial charge < -0.3 is 20.6 Å². The van der Waals surface area contributed by atoms with Crippen molar-refractivity contribution in [3.63, 3.8) is 0 Å². The molecule has 96 valence electrons. The molecule has 0 aromatic rings. The smallest absolute Gasteiger partial charge is 0.143 e. The quantitative estimate of drug-likeness (QED) is 0.205. The van der Waals surface area contributed by atoms with Gasteiger partial charge in [0.2, 0.25) is 0 Å². The van der Waals surface area contributed by atoms with Gasteiger partial charge >= 0.3 is 0 Å². The number of ether oxygens (including phenoxy) is 1. The van der Waals surface area contributed by atoms with Crippen LogP contribution in [-0.4, -0.2) is 48.8 Å². The molecule has 5 nitrogen and oxygen atoms in total. The van der Waals surface area contributed by atoms with Crippen LogP contribution in [0.15, 0.2) is 5.16 Å². The molecule has 16 heavy (non-hydrogen) atoms. The Balaban J connectivity index is 3.82. The normalized spacial score (nSPS) is 14.4. The number of amidine groups is 1. The zero-order valence-corrected chi connectivity index (χ0v) is 10.6. The molecule has 0 heterocycles. The summed E-state index contributed by atoms with van der Waals surface area (Å²) in [6.45, 7) is 10.3. The summed E-state index contributed by atoms with van der Waals surface area (Å²) in [4.78, 5) is 2.23. The summed E-state index contributed by atoms with van der Waals surface area (Å²) in [6.07, 6.45) is 1.05. The molecule has 0 aromatic carbocycles. The molecule has 5 heteroatoms. The van der Waals surface area contributed by atoms with Crippen molar-refractivity contribution in [3.8, 4) is 0 Å². The van der Waals surface area contributed by atoms with Crippen LogP contribution in [0.5, 0.6) is 0 Å². The molecule has 0 rings (SSSR count). The average molecular weight is 231 g/mol. The zero-order valence-electron chi connectivity index (χ0n) is 10.6. The molecule has 0 aliphatic heterocycles. The van der Waals surface area contributed by atoms with E-state index in [1.54, 1.807) is 0 Å². The third-order valence-electron chi connectivity index (χ3n) is 2.50. The number of hydrogen-bond donors (Lipinski definition) is 2. The highest BCUT2D eigenvalue weighted by atomic mass is 16.5. The Kier molecular flexibility index (Phi) is 8.94. The summed E-state index contributed by atoms with van der Waals surface area (Å²) >= 11 is 0. The van der Waals surface area contributed by atoms with Crippen LogP contribution in [0.2, 0.25) is 0 Å². The molecule has 1 unspecified atom stereocenters. The summed E-state index contributed by atoms with van der Waals surface area (Å²) in [5, 5.41) is 11.6. The van der Waals surface area contributed by atoms with E-state index < -0.39 is 0 Å². The number of hydrogen-bond acceptors (Lipinski definition) is 4. The SMILES string of the molecule is CCCOCCN(CC)CC(C)C(N)=NO. The van der Waals surface area contributed by atoms with Crippen molar-refractivity contribution in [2.24, 2.45) is 16.8 Å². The van der Waals surface area contributed by atoms with Crippen LogP contribution in [0.3, 0.4) is 0 Å². The molecule has 0 spiro atoms. The van der Waals surface area contributed by atoms with Crippen molar-refractivity contribution in [1.82, 2.24) is 4.90 Å². The van der Waals surface area contributed by atoms with Crippen LogP contribution >= 0.6 is 0 Å². The van der Waals surface area contributed by atoms with E-state index in [2.05, 4.69) is 23.9 Å². The summed E-state index contributed by atoms with van der Waals surface area (Å²) in [6, 6.07) is 0. The topological polar surface area (TPSA) is 71.1 Å². The minimum atomic E-state index is 0.0659. The number of rotatable bonds is 9. The highest BCUT2D eigenvalue weighted by Crippen LogP contribution is 2.00. The lowest BCUT2D eigenvalue weighted by atomic mass is 10.1. The largest absolute Gasteiger partial charge is 0.409 e. The third-order valence-corrected chi connectivity index (χ3v) is 2.50. The zero-order chi connectivity index (χ0) is 12.4. The minimum absolute atomic E-state index is 0.0659. The Morgan fingerprint density at radius 3 is 2.62 bits per heavy atom. The second-order valence-electron chi connectivity index (χ2n) is 3.93. The van der Waals surface area contributed by atoms with E-state index in [4.69, 9.17) is 15.7 Å². The third kappa shape index (κ3) is 6.63. The second-order valence-corrected chi connectivity index (χ2v) is 3.93.